The lowest BCUT2D eigenvalue weighted by atomic mass is 9.94. The molecule has 1 N–H and O–H groups in total. The first-order valence-electron chi connectivity index (χ1n) is 9.30. The normalized spacial score (nSPS) is 33.5. The minimum atomic E-state index is -0.304. The van der Waals surface area contributed by atoms with E-state index < -0.39 is 0 Å². The summed E-state index contributed by atoms with van der Waals surface area (Å²) < 4.78 is 0. The molecule has 1 spiro atoms. The van der Waals surface area contributed by atoms with Gasteiger partial charge in [0.2, 0.25) is 5.91 Å². The molecule has 0 radical (unpaired) electrons. The highest BCUT2D eigenvalue weighted by atomic mass is 16.3. The van der Waals surface area contributed by atoms with Crippen molar-refractivity contribution in [3.8, 4) is 0 Å². The van der Waals surface area contributed by atoms with Crippen LogP contribution in [0.15, 0.2) is 24.3 Å². The summed E-state index contributed by atoms with van der Waals surface area (Å²) in [5.41, 5.74) is 3.02. The minimum absolute atomic E-state index is 0.143. The quantitative estimate of drug-likeness (QED) is 0.920. The molecule has 1 aromatic rings. The van der Waals surface area contributed by atoms with Crippen LogP contribution in [0.1, 0.15) is 37.8 Å². The van der Waals surface area contributed by atoms with E-state index in [-0.39, 0.29) is 23.5 Å². The Labute approximate surface area is 144 Å². The van der Waals surface area contributed by atoms with E-state index in [0.717, 1.165) is 38.9 Å². The predicted molar refractivity (Wildman–Crippen MR) is 93.8 cm³/mol. The van der Waals surface area contributed by atoms with E-state index in [4.69, 9.17) is 0 Å². The van der Waals surface area contributed by atoms with Gasteiger partial charge in [0.25, 0.3) is 0 Å². The molecule has 0 aromatic heterocycles. The van der Waals surface area contributed by atoms with Gasteiger partial charge in [0.1, 0.15) is 0 Å². The van der Waals surface area contributed by atoms with Gasteiger partial charge in [-0.05, 0) is 44.2 Å². The Hall–Kier alpha value is -1.39. The molecular formula is C20H28N2O2. The van der Waals surface area contributed by atoms with E-state index in [2.05, 4.69) is 41.0 Å². The molecule has 130 valence electrons. The van der Waals surface area contributed by atoms with E-state index in [9.17, 15) is 9.90 Å². The third kappa shape index (κ3) is 2.56. The largest absolute Gasteiger partial charge is 0.392 e. The van der Waals surface area contributed by atoms with Gasteiger partial charge in [-0.15, -0.1) is 0 Å². The van der Waals surface area contributed by atoms with Crippen LogP contribution in [0.3, 0.4) is 0 Å². The molecule has 1 amide bonds. The van der Waals surface area contributed by atoms with Crippen LogP contribution in [0.2, 0.25) is 0 Å². The maximum absolute atomic E-state index is 13.1. The Morgan fingerprint density at radius 1 is 1.38 bits per heavy atom. The summed E-state index contributed by atoms with van der Waals surface area (Å²) in [6.45, 7) is 7.20. The molecule has 4 rings (SSSR count). The van der Waals surface area contributed by atoms with Gasteiger partial charge < -0.3 is 10.0 Å². The molecule has 1 aliphatic heterocycles. The summed E-state index contributed by atoms with van der Waals surface area (Å²) in [6.07, 6.45) is 2.99. The first-order valence-corrected chi connectivity index (χ1v) is 9.30. The van der Waals surface area contributed by atoms with Gasteiger partial charge in [0.15, 0.2) is 0 Å². The lowest BCUT2D eigenvalue weighted by Gasteiger charge is -2.40. The topological polar surface area (TPSA) is 43.8 Å². The number of carbonyl (C=O) groups is 1. The highest BCUT2D eigenvalue weighted by Crippen LogP contribution is 2.62. The number of amides is 1. The van der Waals surface area contributed by atoms with Gasteiger partial charge in [0, 0.05) is 43.6 Å². The zero-order chi connectivity index (χ0) is 16.9. The second kappa shape index (κ2) is 5.85. The van der Waals surface area contributed by atoms with Crippen molar-refractivity contribution in [1.29, 1.82) is 0 Å². The number of carbonyl (C=O) groups excluding carboxylic acids is 1. The summed E-state index contributed by atoms with van der Waals surface area (Å²) in [5, 5.41) is 9.57. The van der Waals surface area contributed by atoms with Crippen LogP contribution >= 0.6 is 0 Å². The average molecular weight is 328 g/mol. The van der Waals surface area contributed by atoms with Crippen molar-refractivity contribution in [2.24, 2.45) is 5.92 Å². The van der Waals surface area contributed by atoms with Crippen LogP contribution in [-0.2, 0) is 16.6 Å². The zero-order valence-corrected chi connectivity index (χ0v) is 14.7. The Morgan fingerprint density at radius 2 is 2.17 bits per heavy atom. The first kappa shape index (κ1) is 16.1. The summed E-state index contributed by atoms with van der Waals surface area (Å²) in [4.78, 5) is 17.5. The Balaban J connectivity index is 1.43. The van der Waals surface area contributed by atoms with Crippen molar-refractivity contribution < 1.29 is 9.90 Å². The molecule has 1 saturated heterocycles. The zero-order valence-electron chi connectivity index (χ0n) is 14.7. The average Bonchev–Trinajstić information content (AvgIpc) is 3.16. The van der Waals surface area contributed by atoms with Gasteiger partial charge in [-0.25, -0.2) is 0 Å². The number of hydrogen-bond donors (Lipinski definition) is 1. The predicted octanol–water partition coefficient (Wildman–Crippen LogP) is 1.80. The number of rotatable bonds is 3. The molecule has 3 aliphatic rings. The fourth-order valence-corrected chi connectivity index (χ4v) is 5.02. The molecule has 4 atom stereocenters. The minimum Gasteiger partial charge on any atom is -0.392 e. The molecule has 2 fully saturated rings. The fraction of sp³-hybridized carbons (Fsp3) is 0.650. The number of β-amino-alcohol motifs (C(OH)–C–C–N with tert-alkyl or cyclic N) is 1. The fourth-order valence-electron chi connectivity index (χ4n) is 5.02. The van der Waals surface area contributed by atoms with E-state index in [0.29, 0.717) is 12.5 Å². The molecule has 4 heteroatoms. The molecular weight excluding hydrogens is 300 g/mol. The van der Waals surface area contributed by atoms with Crippen molar-refractivity contribution >= 4 is 5.91 Å². The molecule has 1 heterocycles. The highest BCUT2D eigenvalue weighted by Gasteiger charge is 2.62. The van der Waals surface area contributed by atoms with Gasteiger partial charge in [-0.3, -0.25) is 9.69 Å². The van der Waals surface area contributed by atoms with E-state index >= 15 is 0 Å². The van der Waals surface area contributed by atoms with E-state index in [1.807, 2.05) is 6.92 Å². The monoisotopic (exact) mass is 328 g/mol. The lowest BCUT2D eigenvalue weighted by molar-refractivity contribution is -0.137. The number of fused-ring (bicyclic) bond motifs is 2. The van der Waals surface area contributed by atoms with Crippen molar-refractivity contribution in [3.63, 3.8) is 0 Å². The number of piperazine rings is 1. The van der Waals surface area contributed by atoms with Crippen LogP contribution in [0.4, 0.5) is 0 Å². The number of hydrogen-bond acceptors (Lipinski definition) is 3. The second-order valence-corrected chi connectivity index (χ2v) is 8.06. The summed E-state index contributed by atoms with van der Waals surface area (Å²) >= 11 is 0. The highest BCUT2D eigenvalue weighted by molar-refractivity contribution is 5.85. The summed E-state index contributed by atoms with van der Waals surface area (Å²) in [7, 11) is 0. The number of aryl methyl sites for hydroxylation is 1. The van der Waals surface area contributed by atoms with Crippen LogP contribution in [0, 0.1) is 5.92 Å². The van der Waals surface area contributed by atoms with Crippen LogP contribution in [0.5, 0.6) is 0 Å². The summed E-state index contributed by atoms with van der Waals surface area (Å²) in [5.74, 6) is 0.544. The lowest BCUT2D eigenvalue weighted by Crippen LogP contribution is -2.55. The van der Waals surface area contributed by atoms with Gasteiger partial charge in [-0.2, -0.15) is 0 Å². The van der Waals surface area contributed by atoms with Crippen molar-refractivity contribution in [1.82, 2.24) is 9.80 Å². The van der Waals surface area contributed by atoms with Gasteiger partial charge >= 0.3 is 0 Å². The maximum Gasteiger partial charge on any atom is 0.226 e. The smallest absolute Gasteiger partial charge is 0.226 e. The maximum atomic E-state index is 13.1. The number of aliphatic hydroxyl groups excluding tert-OH is 1. The third-order valence-electron chi connectivity index (χ3n) is 6.28. The number of aliphatic hydroxyl groups is 1. The molecule has 1 saturated carbocycles. The standard InChI is InChI=1S/C20H28N2O2/c1-14-12-21(13-15(2)23)9-10-22(14)19(24)18-11-20(18)8-7-16-5-3-4-6-17(16)20/h3-6,14-15,18,23H,7-13H2,1-2H3/t14-,15-,18-,20-/m0/s1. The van der Waals surface area contributed by atoms with Crippen molar-refractivity contribution in [3.05, 3.63) is 35.4 Å². The Morgan fingerprint density at radius 3 is 2.92 bits per heavy atom. The summed E-state index contributed by atoms with van der Waals surface area (Å²) in [6, 6.07) is 8.92. The van der Waals surface area contributed by atoms with E-state index in [1.54, 1.807) is 0 Å². The van der Waals surface area contributed by atoms with Crippen molar-refractivity contribution in [2.45, 2.75) is 50.7 Å². The first-order chi connectivity index (χ1) is 11.5. The van der Waals surface area contributed by atoms with Crippen LogP contribution < -0.4 is 0 Å². The molecule has 24 heavy (non-hydrogen) atoms. The van der Waals surface area contributed by atoms with Crippen LogP contribution in [0.25, 0.3) is 0 Å². The SMILES string of the molecule is C[C@H](O)CN1CCN(C(=O)[C@@H]2C[C@]23CCc2ccccc23)[C@@H](C)C1. The molecule has 2 aliphatic carbocycles. The second-order valence-electron chi connectivity index (χ2n) is 8.06. The van der Waals surface area contributed by atoms with Crippen molar-refractivity contribution in [2.75, 3.05) is 26.2 Å². The van der Waals surface area contributed by atoms with E-state index in [1.165, 1.54) is 11.1 Å². The Kier molecular flexibility index (Phi) is 3.92. The van der Waals surface area contributed by atoms with Crippen LogP contribution in [-0.4, -0.2) is 59.1 Å². The van der Waals surface area contributed by atoms with Gasteiger partial charge in [0.05, 0.1) is 6.10 Å². The Bertz CT molecular complexity index is 644. The molecule has 0 bridgehead atoms. The molecule has 0 unspecified atom stereocenters. The van der Waals surface area contributed by atoms with Gasteiger partial charge in [-0.1, -0.05) is 24.3 Å². The third-order valence-corrected chi connectivity index (χ3v) is 6.28. The number of nitrogens with zero attached hydrogens (tertiary/aromatic N) is 2. The molecule has 4 nitrogen and oxygen atoms in total. The number of benzene rings is 1. The molecule has 1 aromatic carbocycles.